The Kier molecular flexibility index (Phi) is 3.79. The van der Waals surface area contributed by atoms with Crippen LogP contribution < -0.4 is 5.32 Å². The summed E-state index contributed by atoms with van der Waals surface area (Å²) in [4.78, 5) is 18.5. The van der Waals surface area contributed by atoms with Crippen LogP contribution in [0.15, 0.2) is 0 Å². The number of carbonyl (C=O) groups is 1. The van der Waals surface area contributed by atoms with Gasteiger partial charge < -0.3 is 10.4 Å². The molecule has 6 heteroatoms. The van der Waals surface area contributed by atoms with Gasteiger partial charge in [0.15, 0.2) is 6.29 Å². The van der Waals surface area contributed by atoms with Crippen molar-refractivity contribution in [1.29, 1.82) is 0 Å². The summed E-state index contributed by atoms with van der Waals surface area (Å²) >= 11 is 5.73. The number of carbonyl (C=O) groups excluding carboxylic acids is 1. The van der Waals surface area contributed by atoms with Crippen LogP contribution in [0.1, 0.15) is 16.2 Å². The summed E-state index contributed by atoms with van der Waals surface area (Å²) in [6, 6.07) is 0. The molecule has 1 heterocycles. The number of aldehydes is 1. The lowest BCUT2D eigenvalue weighted by Gasteiger charge is -2.07. The van der Waals surface area contributed by atoms with Crippen LogP contribution >= 0.6 is 11.6 Å². The Morgan fingerprint density at radius 2 is 2.29 bits per heavy atom. The largest absolute Gasteiger partial charge is 0.395 e. The van der Waals surface area contributed by atoms with Crippen LogP contribution in [0, 0.1) is 6.92 Å². The highest BCUT2D eigenvalue weighted by Crippen LogP contribution is 2.18. The number of nitrogens with zero attached hydrogens (tertiary/aromatic N) is 2. The second kappa shape index (κ2) is 4.88. The molecule has 0 spiro atoms. The summed E-state index contributed by atoms with van der Waals surface area (Å²) in [7, 11) is 0. The number of rotatable bonds is 4. The van der Waals surface area contributed by atoms with Crippen molar-refractivity contribution < 1.29 is 9.90 Å². The predicted molar refractivity (Wildman–Crippen MR) is 52.7 cm³/mol. The summed E-state index contributed by atoms with van der Waals surface area (Å²) in [5, 5.41) is 11.5. The molecule has 0 radical (unpaired) electrons. The molecule has 0 unspecified atom stereocenters. The second-order valence-corrected chi connectivity index (χ2v) is 2.95. The van der Waals surface area contributed by atoms with Crippen LogP contribution in [-0.4, -0.2) is 34.5 Å². The molecule has 0 saturated carbocycles. The number of halogens is 1. The summed E-state index contributed by atoms with van der Waals surface area (Å²) < 4.78 is 0. The van der Waals surface area contributed by atoms with Gasteiger partial charge >= 0.3 is 0 Å². The van der Waals surface area contributed by atoms with Gasteiger partial charge in [-0.1, -0.05) is 11.6 Å². The van der Waals surface area contributed by atoms with Gasteiger partial charge in [-0.2, -0.15) is 0 Å². The van der Waals surface area contributed by atoms with Gasteiger partial charge in [0.25, 0.3) is 0 Å². The highest BCUT2D eigenvalue weighted by atomic mass is 35.5. The first-order valence-electron chi connectivity index (χ1n) is 4.03. The van der Waals surface area contributed by atoms with Crippen molar-refractivity contribution in [2.45, 2.75) is 6.92 Å². The van der Waals surface area contributed by atoms with E-state index >= 15 is 0 Å². The van der Waals surface area contributed by atoms with Crippen LogP contribution in [0.5, 0.6) is 0 Å². The van der Waals surface area contributed by atoms with E-state index in [1.165, 1.54) is 0 Å². The number of aromatic nitrogens is 2. The number of hydrogen-bond acceptors (Lipinski definition) is 5. The molecule has 0 saturated heterocycles. The van der Waals surface area contributed by atoms with Gasteiger partial charge in [-0.3, -0.25) is 4.79 Å². The van der Waals surface area contributed by atoms with E-state index in [0.717, 1.165) is 0 Å². The topological polar surface area (TPSA) is 75.1 Å². The molecule has 0 fully saturated rings. The van der Waals surface area contributed by atoms with Gasteiger partial charge in [-0.25, -0.2) is 9.97 Å². The highest BCUT2D eigenvalue weighted by molar-refractivity contribution is 6.32. The molecule has 1 rings (SSSR count). The standard InChI is InChI=1S/C8H10ClN3O2/c1-5-11-7(9)6(4-14)8(12-5)10-2-3-13/h4,13H,2-3H2,1H3,(H,10,11,12). The van der Waals surface area contributed by atoms with Gasteiger partial charge in [0, 0.05) is 6.54 Å². The molecular formula is C8H10ClN3O2. The molecule has 0 bridgehead atoms. The van der Waals surface area contributed by atoms with E-state index in [0.29, 0.717) is 24.5 Å². The number of aryl methyl sites for hydroxylation is 1. The van der Waals surface area contributed by atoms with Crippen molar-refractivity contribution >= 4 is 23.7 Å². The fraction of sp³-hybridized carbons (Fsp3) is 0.375. The molecule has 0 aliphatic rings. The third kappa shape index (κ3) is 2.40. The fourth-order valence-corrected chi connectivity index (χ4v) is 1.22. The molecule has 1 aromatic heterocycles. The minimum atomic E-state index is -0.0427. The molecule has 14 heavy (non-hydrogen) atoms. The Labute approximate surface area is 86.1 Å². The average molecular weight is 216 g/mol. The number of aliphatic hydroxyl groups excluding tert-OH is 1. The Morgan fingerprint density at radius 1 is 1.57 bits per heavy atom. The summed E-state index contributed by atoms with van der Waals surface area (Å²) in [5.74, 6) is 0.826. The predicted octanol–water partition coefficient (Wildman–Crippen LogP) is 0.655. The highest BCUT2D eigenvalue weighted by Gasteiger charge is 2.09. The van der Waals surface area contributed by atoms with Crippen LogP contribution in [-0.2, 0) is 0 Å². The minimum Gasteiger partial charge on any atom is -0.395 e. The van der Waals surface area contributed by atoms with E-state index in [-0.39, 0.29) is 17.3 Å². The molecular weight excluding hydrogens is 206 g/mol. The zero-order chi connectivity index (χ0) is 10.6. The molecule has 0 aromatic carbocycles. The lowest BCUT2D eigenvalue weighted by Crippen LogP contribution is -2.11. The van der Waals surface area contributed by atoms with E-state index < -0.39 is 0 Å². The van der Waals surface area contributed by atoms with E-state index in [9.17, 15) is 4.79 Å². The molecule has 5 nitrogen and oxygen atoms in total. The van der Waals surface area contributed by atoms with Crippen molar-refractivity contribution in [1.82, 2.24) is 9.97 Å². The second-order valence-electron chi connectivity index (χ2n) is 2.59. The summed E-state index contributed by atoms with van der Waals surface area (Å²) in [6.45, 7) is 1.94. The summed E-state index contributed by atoms with van der Waals surface area (Å²) in [5.41, 5.74) is 0.214. The van der Waals surface area contributed by atoms with Crippen molar-refractivity contribution in [2.75, 3.05) is 18.5 Å². The van der Waals surface area contributed by atoms with E-state index in [2.05, 4.69) is 15.3 Å². The average Bonchev–Trinajstić information content (AvgIpc) is 2.14. The maximum atomic E-state index is 10.7. The van der Waals surface area contributed by atoms with Crippen molar-refractivity contribution in [3.05, 3.63) is 16.5 Å². The minimum absolute atomic E-state index is 0.0427. The van der Waals surface area contributed by atoms with Crippen molar-refractivity contribution in [3.8, 4) is 0 Å². The zero-order valence-electron chi connectivity index (χ0n) is 7.62. The quantitative estimate of drug-likeness (QED) is 0.570. The Hall–Kier alpha value is -1.20. The number of anilines is 1. The maximum Gasteiger partial charge on any atom is 0.156 e. The monoisotopic (exact) mass is 215 g/mol. The lowest BCUT2D eigenvalue weighted by atomic mass is 10.3. The zero-order valence-corrected chi connectivity index (χ0v) is 8.38. The molecule has 0 amide bonds. The molecule has 76 valence electrons. The van der Waals surface area contributed by atoms with E-state index in [1.807, 2.05) is 0 Å². The normalized spacial score (nSPS) is 9.93. The number of hydrogen-bond donors (Lipinski definition) is 2. The summed E-state index contributed by atoms with van der Waals surface area (Å²) in [6.07, 6.45) is 0.585. The maximum absolute atomic E-state index is 10.7. The number of aliphatic hydroxyl groups is 1. The first-order chi connectivity index (χ1) is 6.69. The van der Waals surface area contributed by atoms with Gasteiger partial charge in [-0.05, 0) is 6.92 Å². The van der Waals surface area contributed by atoms with Gasteiger partial charge in [0.2, 0.25) is 0 Å². The molecule has 0 aliphatic heterocycles. The fourth-order valence-electron chi connectivity index (χ4n) is 0.961. The van der Waals surface area contributed by atoms with Gasteiger partial charge in [-0.15, -0.1) is 0 Å². The van der Waals surface area contributed by atoms with E-state index in [4.69, 9.17) is 16.7 Å². The molecule has 0 aliphatic carbocycles. The van der Waals surface area contributed by atoms with Crippen LogP contribution in [0.4, 0.5) is 5.82 Å². The third-order valence-electron chi connectivity index (χ3n) is 1.53. The molecule has 0 atom stereocenters. The van der Waals surface area contributed by atoms with Crippen molar-refractivity contribution in [2.24, 2.45) is 0 Å². The van der Waals surface area contributed by atoms with E-state index in [1.54, 1.807) is 6.92 Å². The SMILES string of the molecule is Cc1nc(Cl)c(C=O)c(NCCO)n1. The first-order valence-corrected chi connectivity index (χ1v) is 4.41. The third-order valence-corrected chi connectivity index (χ3v) is 1.82. The van der Waals surface area contributed by atoms with Crippen LogP contribution in [0.3, 0.4) is 0 Å². The number of nitrogens with one attached hydrogen (secondary N) is 1. The molecule has 1 aromatic rings. The Bertz CT molecular complexity index is 344. The Balaban J connectivity index is 3.05. The Morgan fingerprint density at radius 3 is 2.86 bits per heavy atom. The smallest absolute Gasteiger partial charge is 0.156 e. The molecule has 2 N–H and O–H groups in total. The first kappa shape index (κ1) is 10.9. The van der Waals surface area contributed by atoms with Crippen LogP contribution in [0.25, 0.3) is 0 Å². The lowest BCUT2D eigenvalue weighted by molar-refractivity contribution is 0.112. The van der Waals surface area contributed by atoms with Crippen LogP contribution in [0.2, 0.25) is 5.15 Å². The van der Waals surface area contributed by atoms with Gasteiger partial charge in [0.05, 0.1) is 12.2 Å². The van der Waals surface area contributed by atoms with Crippen molar-refractivity contribution in [3.63, 3.8) is 0 Å². The van der Waals surface area contributed by atoms with Gasteiger partial charge in [0.1, 0.15) is 16.8 Å².